The van der Waals surface area contributed by atoms with E-state index >= 15 is 0 Å². The first kappa shape index (κ1) is 17.7. The largest absolute Gasteiger partial charge is 0.459 e. The summed E-state index contributed by atoms with van der Waals surface area (Å²) in [6, 6.07) is 8.89. The predicted octanol–water partition coefficient (Wildman–Crippen LogP) is 1.02. The third-order valence-corrected chi connectivity index (χ3v) is 4.15. The second-order valence-electron chi connectivity index (χ2n) is 5.87. The van der Waals surface area contributed by atoms with Crippen molar-refractivity contribution in [3.8, 4) is 0 Å². The van der Waals surface area contributed by atoms with E-state index in [2.05, 4.69) is 5.32 Å². The summed E-state index contributed by atoms with van der Waals surface area (Å²) in [5.74, 6) is -1.71. The van der Waals surface area contributed by atoms with E-state index in [4.69, 9.17) is 4.42 Å². The van der Waals surface area contributed by atoms with Gasteiger partial charge in [0.1, 0.15) is 5.82 Å². The monoisotopic (exact) mass is 359 g/mol. The molecule has 1 aromatic heterocycles. The normalized spacial score (nSPS) is 14.2. The zero-order valence-corrected chi connectivity index (χ0v) is 14.0. The van der Waals surface area contributed by atoms with Crippen LogP contribution in [0.3, 0.4) is 0 Å². The van der Waals surface area contributed by atoms with Crippen LogP contribution >= 0.6 is 0 Å². The van der Waals surface area contributed by atoms with E-state index in [1.54, 1.807) is 29.2 Å². The molecule has 2 heterocycles. The maximum absolute atomic E-state index is 12.9. The van der Waals surface area contributed by atoms with Gasteiger partial charge in [-0.1, -0.05) is 12.1 Å². The van der Waals surface area contributed by atoms with Crippen LogP contribution in [0.25, 0.3) is 0 Å². The lowest BCUT2D eigenvalue weighted by molar-refractivity contribution is -0.146. The van der Waals surface area contributed by atoms with E-state index in [0.29, 0.717) is 18.7 Å². The van der Waals surface area contributed by atoms with Gasteiger partial charge in [-0.2, -0.15) is 0 Å². The quantitative estimate of drug-likeness (QED) is 0.830. The van der Waals surface area contributed by atoms with Gasteiger partial charge < -0.3 is 19.5 Å². The third-order valence-electron chi connectivity index (χ3n) is 4.15. The number of nitrogens with zero attached hydrogens (tertiary/aromatic N) is 2. The minimum absolute atomic E-state index is 0.141. The first-order chi connectivity index (χ1) is 12.5. The molecule has 3 rings (SSSR count). The molecule has 0 unspecified atom stereocenters. The molecule has 1 N–H and O–H groups in total. The van der Waals surface area contributed by atoms with Crippen molar-refractivity contribution >= 4 is 17.7 Å². The summed E-state index contributed by atoms with van der Waals surface area (Å²) in [6.45, 7) is 1.35. The number of nitrogens with one attached hydrogen (secondary N) is 1. The fraction of sp³-hybridized carbons (Fsp3) is 0.278. The van der Waals surface area contributed by atoms with Crippen LogP contribution in [0.5, 0.6) is 0 Å². The van der Waals surface area contributed by atoms with Gasteiger partial charge in [0.05, 0.1) is 6.26 Å². The Morgan fingerprint density at radius 3 is 2.27 bits per heavy atom. The van der Waals surface area contributed by atoms with Crippen LogP contribution in [0.15, 0.2) is 47.1 Å². The average Bonchev–Trinajstić information content (AvgIpc) is 3.21. The van der Waals surface area contributed by atoms with Crippen LogP contribution < -0.4 is 5.32 Å². The molecule has 0 aliphatic carbocycles. The van der Waals surface area contributed by atoms with Crippen molar-refractivity contribution in [3.63, 3.8) is 0 Å². The lowest BCUT2D eigenvalue weighted by Gasteiger charge is -2.33. The van der Waals surface area contributed by atoms with Gasteiger partial charge in [-0.05, 0) is 29.8 Å². The number of amides is 3. The van der Waals surface area contributed by atoms with Crippen molar-refractivity contribution in [2.45, 2.75) is 6.54 Å². The highest BCUT2D eigenvalue weighted by Gasteiger charge is 2.28. The number of carbonyl (C=O) groups excluding carboxylic acids is 3. The number of halogens is 1. The Morgan fingerprint density at radius 1 is 1.00 bits per heavy atom. The maximum atomic E-state index is 12.9. The molecule has 26 heavy (non-hydrogen) atoms. The van der Waals surface area contributed by atoms with Crippen LogP contribution in [0.4, 0.5) is 4.39 Å². The molecular weight excluding hydrogens is 341 g/mol. The van der Waals surface area contributed by atoms with Crippen LogP contribution in [-0.4, -0.2) is 53.7 Å². The molecule has 2 aromatic rings. The molecule has 1 aliphatic rings. The Labute approximate surface area is 149 Å². The summed E-state index contributed by atoms with van der Waals surface area (Å²) in [7, 11) is 0. The average molecular weight is 359 g/mol. The highest BCUT2D eigenvalue weighted by atomic mass is 19.1. The SMILES string of the molecule is O=C(NCc1ccc(F)cc1)C(=O)N1CCN(C(=O)c2ccco2)CC1. The number of benzene rings is 1. The Morgan fingerprint density at radius 2 is 1.65 bits per heavy atom. The number of hydrogen-bond donors (Lipinski definition) is 1. The van der Waals surface area contributed by atoms with Gasteiger partial charge in [0.2, 0.25) is 0 Å². The number of rotatable bonds is 3. The van der Waals surface area contributed by atoms with Gasteiger partial charge in [-0.3, -0.25) is 14.4 Å². The van der Waals surface area contributed by atoms with Crippen molar-refractivity contribution in [3.05, 3.63) is 59.8 Å². The molecule has 1 fully saturated rings. The Hall–Kier alpha value is -3.16. The predicted molar refractivity (Wildman–Crippen MR) is 89.4 cm³/mol. The van der Waals surface area contributed by atoms with Crippen LogP contribution in [-0.2, 0) is 16.1 Å². The zero-order chi connectivity index (χ0) is 18.5. The lowest BCUT2D eigenvalue weighted by atomic mass is 10.2. The molecule has 0 radical (unpaired) electrons. The molecule has 0 bridgehead atoms. The summed E-state index contributed by atoms with van der Waals surface area (Å²) in [6.07, 6.45) is 1.43. The minimum atomic E-state index is -0.722. The Balaban J connectivity index is 1.47. The molecule has 0 spiro atoms. The lowest BCUT2D eigenvalue weighted by Crippen LogP contribution is -2.53. The third kappa shape index (κ3) is 4.08. The maximum Gasteiger partial charge on any atom is 0.312 e. The van der Waals surface area contributed by atoms with Crippen molar-refractivity contribution in [2.24, 2.45) is 0 Å². The fourth-order valence-electron chi connectivity index (χ4n) is 2.67. The number of furan rings is 1. The topological polar surface area (TPSA) is 82.9 Å². The van der Waals surface area contributed by atoms with Gasteiger partial charge in [0.25, 0.3) is 5.91 Å². The smallest absolute Gasteiger partial charge is 0.312 e. The summed E-state index contributed by atoms with van der Waals surface area (Å²) in [4.78, 5) is 39.4. The molecular formula is C18H18FN3O4. The number of piperazine rings is 1. The van der Waals surface area contributed by atoms with E-state index in [9.17, 15) is 18.8 Å². The highest BCUT2D eigenvalue weighted by Crippen LogP contribution is 2.10. The van der Waals surface area contributed by atoms with Crippen LogP contribution in [0.2, 0.25) is 0 Å². The molecule has 1 aliphatic heterocycles. The summed E-state index contributed by atoms with van der Waals surface area (Å²) < 4.78 is 17.9. The van der Waals surface area contributed by atoms with Crippen molar-refractivity contribution in [1.82, 2.24) is 15.1 Å². The molecule has 1 saturated heterocycles. The zero-order valence-electron chi connectivity index (χ0n) is 14.0. The molecule has 0 saturated carbocycles. The molecule has 1 aromatic carbocycles. The second kappa shape index (κ2) is 7.81. The second-order valence-corrected chi connectivity index (χ2v) is 5.87. The van der Waals surface area contributed by atoms with E-state index in [1.165, 1.54) is 23.3 Å². The Bertz CT molecular complexity index is 781. The Kier molecular flexibility index (Phi) is 5.31. The van der Waals surface area contributed by atoms with Crippen LogP contribution in [0.1, 0.15) is 16.1 Å². The molecule has 3 amide bonds. The fourth-order valence-corrected chi connectivity index (χ4v) is 2.67. The minimum Gasteiger partial charge on any atom is -0.459 e. The molecule has 0 atom stereocenters. The first-order valence-corrected chi connectivity index (χ1v) is 8.19. The van der Waals surface area contributed by atoms with Crippen molar-refractivity contribution in [1.29, 1.82) is 0 Å². The molecule has 136 valence electrons. The molecule has 7 nitrogen and oxygen atoms in total. The van der Waals surface area contributed by atoms with Gasteiger partial charge in [0, 0.05) is 32.7 Å². The van der Waals surface area contributed by atoms with Gasteiger partial charge in [0.15, 0.2) is 5.76 Å². The van der Waals surface area contributed by atoms with E-state index in [0.717, 1.165) is 0 Å². The summed E-state index contributed by atoms with van der Waals surface area (Å²) in [5, 5.41) is 2.52. The van der Waals surface area contributed by atoms with Gasteiger partial charge >= 0.3 is 11.8 Å². The summed E-state index contributed by atoms with van der Waals surface area (Å²) in [5.41, 5.74) is 0.696. The number of carbonyl (C=O) groups is 3. The summed E-state index contributed by atoms with van der Waals surface area (Å²) >= 11 is 0. The van der Waals surface area contributed by atoms with Crippen molar-refractivity contribution in [2.75, 3.05) is 26.2 Å². The van der Waals surface area contributed by atoms with Gasteiger partial charge in [-0.15, -0.1) is 0 Å². The highest BCUT2D eigenvalue weighted by molar-refractivity contribution is 6.35. The van der Waals surface area contributed by atoms with E-state index in [1.807, 2.05) is 0 Å². The van der Waals surface area contributed by atoms with E-state index < -0.39 is 11.8 Å². The van der Waals surface area contributed by atoms with Gasteiger partial charge in [-0.25, -0.2) is 4.39 Å². The van der Waals surface area contributed by atoms with Crippen LogP contribution in [0, 0.1) is 5.82 Å². The van der Waals surface area contributed by atoms with E-state index in [-0.39, 0.29) is 37.1 Å². The van der Waals surface area contributed by atoms with Crippen molar-refractivity contribution < 1.29 is 23.2 Å². The standard InChI is InChI=1S/C18H18FN3O4/c19-14-5-3-13(4-6-14)12-20-16(23)18(25)22-9-7-21(8-10-22)17(24)15-2-1-11-26-15/h1-6,11H,7-10,12H2,(H,20,23). The number of hydrogen-bond acceptors (Lipinski definition) is 4. The first-order valence-electron chi connectivity index (χ1n) is 8.19. The molecule has 8 heteroatoms.